The van der Waals surface area contributed by atoms with Crippen LogP contribution in [0.5, 0.6) is 0 Å². The first-order chi connectivity index (χ1) is 15.5. The molecule has 0 radical (unpaired) electrons. The molecule has 0 unspecified atom stereocenters. The topological polar surface area (TPSA) is 155 Å². The molecule has 0 saturated carbocycles. The molecule has 10 heteroatoms. The van der Waals surface area contributed by atoms with Crippen molar-refractivity contribution >= 4 is 19.8 Å². The molecule has 4 N–H and O–H groups in total. The van der Waals surface area contributed by atoms with Crippen molar-refractivity contribution in [3.05, 3.63) is 0 Å². The van der Waals surface area contributed by atoms with E-state index in [1.807, 2.05) is 0 Å². The molecule has 34 heavy (non-hydrogen) atoms. The van der Waals surface area contributed by atoms with Gasteiger partial charge in [-0.2, -0.15) is 0 Å². The summed E-state index contributed by atoms with van der Waals surface area (Å²) < 4.78 is 8.77. The molecule has 0 aliphatic rings. The zero-order valence-electron chi connectivity index (χ0n) is 22.0. The Labute approximate surface area is 229 Å². The average Bonchev–Trinajstić information content (AvgIpc) is 2.70. The van der Waals surface area contributed by atoms with Crippen LogP contribution in [0.25, 0.3) is 0 Å². The minimum absolute atomic E-state index is 0. The van der Waals surface area contributed by atoms with Gasteiger partial charge in [0.1, 0.15) is 0 Å². The molecule has 0 amide bonds. The van der Waals surface area contributed by atoms with Crippen molar-refractivity contribution in [1.82, 2.24) is 0 Å². The second-order valence-electron chi connectivity index (χ2n) is 8.43. The SMILES string of the molecule is CCCCCCCCCCCC(=O)O.CCCCCCCCCCCC(=O)O.O=P([O-])(O)O.[Na+]. The van der Waals surface area contributed by atoms with Gasteiger partial charge in [-0.05, 0) is 12.8 Å². The van der Waals surface area contributed by atoms with E-state index in [9.17, 15) is 9.59 Å². The van der Waals surface area contributed by atoms with Gasteiger partial charge >= 0.3 is 41.5 Å². The first-order valence-electron chi connectivity index (χ1n) is 12.7. The summed E-state index contributed by atoms with van der Waals surface area (Å²) in [6.45, 7) is 4.46. The number of rotatable bonds is 20. The Morgan fingerprint density at radius 2 is 0.735 bits per heavy atom. The van der Waals surface area contributed by atoms with Crippen LogP contribution in [0.1, 0.15) is 142 Å². The van der Waals surface area contributed by atoms with Crippen LogP contribution in [-0.4, -0.2) is 31.9 Å². The third kappa shape index (κ3) is 63.6. The molecule has 0 heterocycles. The van der Waals surface area contributed by atoms with E-state index in [4.69, 9.17) is 29.5 Å². The van der Waals surface area contributed by atoms with Gasteiger partial charge in [-0.15, -0.1) is 0 Å². The summed E-state index contributed by atoms with van der Waals surface area (Å²) in [5.74, 6) is -1.32. The number of phosphoric acid groups is 1. The maximum atomic E-state index is 10.2. The van der Waals surface area contributed by atoms with Crippen LogP contribution < -0.4 is 34.5 Å². The summed E-state index contributed by atoms with van der Waals surface area (Å²) in [6, 6.07) is 0. The molecule has 0 bridgehead atoms. The van der Waals surface area contributed by atoms with Gasteiger partial charge in [0.2, 0.25) is 0 Å². The Morgan fingerprint density at radius 3 is 0.912 bits per heavy atom. The van der Waals surface area contributed by atoms with E-state index in [0.717, 1.165) is 25.7 Å². The number of hydrogen-bond donors (Lipinski definition) is 4. The van der Waals surface area contributed by atoms with E-state index < -0.39 is 19.8 Å². The number of hydrogen-bond acceptors (Lipinski definition) is 4. The average molecular weight is 521 g/mol. The Kier molecular flexibility index (Phi) is 40.0. The number of aliphatic carboxylic acids is 2. The van der Waals surface area contributed by atoms with Crippen LogP contribution in [0.4, 0.5) is 0 Å². The van der Waals surface area contributed by atoms with Gasteiger partial charge in [0, 0.05) is 12.8 Å². The fourth-order valence-corrected chi connectivity index (χ4v) is 3.17. The van der Waals surface area contributed by atoms with Gasteiger partial charge in [-0.3, -0.25) is 14.2 Å². The van der Waals surface area contributed by atoms with E-state index in [1.165, 1.54) is 89.9 Å². The molecule has 8 nitrogen and oxygen atoms in total. The van der Waals surface area contributed by atoms with Gasteiger partial charge in [0.25, 0.3) is 7.82 Å². The van der Waals surface area contributed by atoms with E-state index >= 15 is 0 Å². The van der Waals surface area contributed by atoms with Crippen molar-refractivity contribution in [2.45, 2.75) is 142 Å². The fraction of sp³-hybridized carbons (Fsp3) is 0.917. The summed E-state index contributed by atoms with van der Waals surface area (Å²) in [5, 5.41) is 16.8. The zero-order chi connectivity index (χ0) is 25.8. The molecule has 0 aromatic carbocycles. The molecule has 0 aromatic heterocycles. The molecule has 0 saturated heterocycles. The number of carboxylic acids is 2. The third-order valence-electron chi connectivity index (χ3n) is 4.99. The van der Waals surface area contributed by atoms with Crippen molar-refractivity contribution in [2.75, 3.05) is 0 Å². The largest absolute Gasteiger partial charge is 1.00 e. The molecule has 0 aromatic rings. The van der Waals surface area contributed by atoms with E-state index in [0.29, 0.717) is 12.8 Å². The minimum Gasteiger partial charge on any atom is -0.756 e. The number of carbonyl (C=O) groups is 2. The molecule has 0 aliphatic carbocycles. The van der Waals surface area contributed by atoms with Crippen molar-refractivity contribution in [3.63, 3.8) is 0 Å². The van der Waals surface area contributed by atoms with Gasteiger partial charge in [-0.1, -0.05) is 117 Å². The summed E-state index contributed by atoms with van der Waals surface area (Å²) in [5.41, 5.74) is 0. The van der Waals surface area contributed by atoms with Crippen LogP contribution in [0.2, 0.25) is 0 Å². The standard InChI is InChI=1S/2C12H24O2.Na.H3O4P/c2*1-2-3-4-5-6-7-8-9-10-11-12(13)14;;1-5(2,3)4/h2*2-11H2,1H3,(H,13,14);;(H3,1,2,3,4)/q;;+1;/p-1. The quantitative estimate of drug-likeness (QED) is 0.108. The van der Waals surface area contributed by atoms with Crippen molar-refractivity contribution in [2.24, 2.45) is 0 Å². The number of unbranched alkanes of at least 4 members (excludes halogenated alkanes) is 16. The molecule has 0 rings (SSSR count). The maximum absolute atomic E-state index is 10.2. The predicted octanol–water partition coefficient (Wildman–Crippen LogP) is 3.43. The monoisotopic (exact) mass is 520 g/mol. The van der Waals surface area contributed by atoms with Crippen molar-refractivity contribution in [3.8, 4) is 0 Å². The van der Waals surface area contributed by atoms with Crippen molar-refractivity contribution < 1.29 is 68.6 Å². The summed E-state index contributed by atoms with van der Waals surface area (Å²) in [4.78, 5) is 43.3. The van der Waals surface area contributed by atoms with Gasteiger partial charge in [0.05, 0.1) is 0 Å². The minimum atomic E-state index is -4.89. The van der Waals surface area contributed by atoms with Crippen LogP contribution in [0.15, 0.2) is 0 Å². The Hall–Kier alpha value is 0.0500. The summed E-state index contributed by atoms with van der Waals surface area (Å²) in [6.07, 6.45) is 23.0. The molecule has 0 aliphatic heterocycles. The predicted molar refractivity (Wildman–Crippen MR) is 131 cm³/mol. The molecule has 200 valence electrons. The molecular formula is C24H50NaO8P. The first kappa shape index (κ1) is 41.2. The maximum Gasteiger partial charge on any atom is 1.00 e. The molecular weight excluding hydrogens is 470 g/mol. The normalized spacial score (nSPS) is 10.3. The Morgan fingerprint density at radius 1 is 0.559 bits per heavy atom. The van der Waals surface area contributed by atoms with E-state index in [1.54, 1.807) is 0 Å². The first-order valence-corrected chi connectivity index (χ1v) is 14.3. The fourth-order valence-electron chi connectivity index (χ4n) is 3.17. The van der Waals surface area contributed by atoms with Crippen LogP contribution >= 0.6 is 7.82 Å². The Bertz CT molecular complexity index is 432. The Balaban J connectivity index is -0.000000216. The smallest absolute Gasteiger partial charge is 0.756 e. The third-order valence-corrected chi connectivity index (χ3v) is 4.99. The van der Waals surface area contributed by atoms with Crippen molar-refractivity contribution in [1.29, 1.82) is 0 Å². The molecule has 0 spiro atoms. The van der Waals surface area contributed by atoms with Crippen LogP contribution in [0, 0.1) is 0 Å². The zero-order valence-corrected chi connectivity index (χ0v) is 24.9. The van der Waals surface area contributed by atoms with Gasteiger partial charge in [-0.25, -0.2) is 0 Å². The second-order valence-corrected chi connectivity index (χ2v) is 9.42. The van der Waals surface area contributed by atoms with Gasteiger partial charge in [0.15, 0.2) is 0 Å². The summed E-state index contributed by atoms with van der Waals surface area (Å²) >= 11 is 0. The molecule has 0 atom stereocenters. The molecule has 0 fully saturated rings. The van der Waals surface area contributed by atoms with Gasteiger partial charge < -0.3 is 24.9 Å². The number of carboxylic acid groups (broad SMARTS) is 2. The second kappa shape index (κ2) is 33.0. The van der Waals surface area contributed by atoms with Crippen LogP contribution in [-0.2, 0) is 14.2 Å². The van der Waals surface area contributed by atoms with E-state index in [2.05, 4.69) is 13.8 Å². The van der Waals surface area contributed by atoms with E-state index in [-0.39, 0.29) is 29.6 Å². The van der Waals surface area contributed by atoms with Crippen LogP contribution in [0.3, 0.4) is 0 Å². The summed E-state index contributed by atoms with van der Waals surface area (Å²) in [7, 11) is -4.89.